The summed E-state index contributed by atoms with van der Waals surface area (Å²) in [6.07, 6.45) is 2.01. The fourth-order valence-corrected chi connectivity index (χ4v) is 5.18. The Labute approximate surface area is 162 Å². The van der Waals surface area contributed by atoms with Crippen molar-refractivity contribution in [2.24, 2.45) is 0 Å². The normalized spacial score (nSPS) is 21.4. The van der Waals surface area contributed by atoms with E-state index in [-0.39, 0.29) is 11.9 Å². The van der Waals surface area contributed by atoms with Gasteiger partial charge in [0.25, 0.3) is 0 Å². The molecule has 142 valence electrons. The highest BCUT2D eigenvalue weighted by molar-refractivity contribution is 7.10. The molecular formula is C21H23NO4S. The summed E-state index contributed by atoms with van der Waals surface area (Å²) in [5.74, 6) is -0.373. The topological polar surface area (TPSA) is 55.8 Å². The van der Waals surface area contributed by atoms with E-state index in [0.717, 1.165) is 22.4 Å². The second kappa shape index (κ2) is 7.44. The van der Waals surface area contributed by atoms with Gasteiger partial charge >= 0.3 is 5.97 Å². The van der Waals surface area contributed by atoms with Gasteiger partial charge in [-0.15, -0.1) is 11.3 Å². The maximum Gasteiger partial charge on any atom is 0.333 e. The molecule has 1 aromatic carbocycles. The number of fused-ring (bicyclic) bond motifs is 1. The lowest BCUT2D eigenvalue weighted by Crippen LogP contribution is -2.54. The first kappa shape index (κ1) is 18.2. The lowest BCUT2D eigenvalue weighted by molar-refractivity contribution is -0.158. The zero-order valence-corrected chi connectivity index (χ0v) is 16.2. The molecule has 6 heteroatoms. The summed E-state index contributed by atoms with van der Waals surface area (Å²) < 4.78 is 10.6. The largest absolute Gasteiger partial charge is 0.467 e. The average molecular weight is 385 g/mol. The van der Waals surface area contributed by atoms with Crippen molar-refractivity contribution in [2.75, 3.05) is 26.9 Å². The Kier molecular flexibility index (Phi) is 5.02. The number of ether oxygens (including phenoxy) is 2. The van der Waals surface area contributed by atoms with Crippen LogP contribution in [0.25, 0.3) is 0 Å². The highest BCUT2D eigenvalue weighted by Crippen LogP contribution is 2.41. The van der Waals surface area contributed by atoms with E-state index in [1.807, 2.05) is 41.8 Å². The highest BCUT2D eigenvalue weighted by Gasteiger charge is 2.48. The Balaban J connectivity index is 1.76. The molecule has 1 fully saturated rings. The van der Waals surface area contributed by atoms with Crippen molar-refractivity contribution < 1.29 is 19.1 Å². The van der Waals surface area contributed by atoms with Crippen molar-refractivity contribution in [3.63, 3.8) is 0 Å². The third kappa shape index (κ3) is 3.07. The maximum atomic E-state index is 13.9. The Hall–Kier alpha value is -2.18. The molecule has 1 atom stereocenters. The molecule has 2 aromatic rings. The Morgan fingerprint density at radius 1 is 1.19 bits per heavy atom. The Morgan fingerprint density at radius 3 is 2.63 bits per heavy atom. The van der Waals surface area contributed by atoms with Crippen molar-refractivity contribution in [2.45, 2.75) is 30.7 Å². The van der Waals surface area contributed by atoms with Gasteiger partial charge in [-0.1, -0.05) is 30.3 Å². The highest BCUT2D eigenvalue weighted by atomic mass is 32.1. The summed E-state index contributed by atoms with van der Waals surface area (Å²) in [4.78, 5) is 29.4. The molecule has 1 amide bonds. The number of hydrogen-bond donors (Lipinski definition) is 0. The summed E-state index contributed by atoms with van der Waals surface area (Å²) in [7, 11) is 1.38. The molecule has 0 radical (unpaired) electrons. The van der Waals surface area contributed by atoms with Crippen LogP contribution in [0.4, 0.5) is 0 Å². The molecule has 0 bridgehead atoms. The molecule has 3 heterocycles. The van der Waals surface area contributed by atoms with Crippen LogP contribution in [0.3, 0.4) is 0 Å². The number of amides is 1. The first-order valence-corrected chi connectivity index (χ1v) is 10.1. The first-order valence-electron chi connectivity index (χ1n) is 9.26. The van der Waals surface area contributed by atoms with Crippen molar-refractivity contribution in [1.29, 1.82) is 0 Å². The van der Waals surface area contributed by atoms with Gasteiger partial charge in [0.15, 0.2) is 6.04 Å². The molecule has 4 rings (SSSR count). The summed E-state index contributed by atoms with van der Waals surface area (Å²) in [5, 5.41) is 1.98. The number of carbonyl (C=O) groups excluding carboxylic acids is 2. The number of methoxy groups -OCH3 is 1. The van der Waals surface area contributed by atoms with Crippen LogP contribution in [-0.4, -0.2) is 43.6 Å². The van der Waals surface area contributed by atoms with Gasteiger partial charge in [-0.25, -0.2) is 4.79 Å². The average Bonchev–Trinajstić information content (AvgIpc) is 3.22. The number of rotatable bonds is 3. The van der Waals surface area contributed by atoms with Gasteiger partial charge in [0, 0.05) is 24.6 Å². The zero-order valence-electron chi connectivity index (χ0n) is 15.3. The molecule has 1 aromatic heterocycles. The van der Waals surface area contributed by atoms with E-state index in [2.05, 4.69) is 0 Å². The number of carbonyl (C=O) groups is 2. The molecule has 0 spiro atoms. The van der Waals surface area contributed by atoms with Crippen LogP contribution < -0.4 is 0 Å². The van der Waals surface area contributed by atoms with Gasteiger partial charge in [0.05, 0.1) is 12.5 Å². The van der Waals surface area contributed by atoms with Crippen molar-refractivity contribution >= 4 is 23.2 Å². The minimum atomic E-state index is -0.666. The van der Waals surface area contributed by atoms with Crippen LogP contribution in [-0.2, 0) is 30.9 Å². The SMILES string of the molecule is COC(=O)C1c2ccsc2CCN1C(=O)C1(c2ccccc2)CCOCC1. The molecular weight excluding hydrogens is 362 g/mol. The molecule has 2 aliphatic heterocycles. The third-order valence-electron chi connectivity index (χ3n) is 5.73. The van der Waals surface area contributed by atoms with E-state index >= 15 is 0 Å². The van der Waals surface area contributed by atoms with Crippen molar-refractivity contribution in [1.82, 2.24) is 4.90 Å². The number of benzene rings is 1. The van der Waals surface area contributed by atoms with Crippen LogP contribution in [0.2, 0.25) is 0 Å². The molecule has 5 nitrogen and oxygen atoms in total. The number of nitrogens with zero attached hydrogens (tertiary/aromatic N) is 1. The third-order valence-corrected chi connectivity index (χ3v) is 6.73. The molecule has 1 unspecified atom stereocenters. The van der Waals surface area contributed by atoms with Gasteiger partial charge in [-0.2, -0.15) is 0 Å². The zero-order chi connectivity index (χ0) is 18.9. The summed E-state index contributed by atoms with van der Waals surface area (Å²) >= 11 is 1.64. The molecule has 1 saturated heterocycles. The van der Waals surface area contributed by atoms with E-state index in [1.54, 1.807) is 16.2 Å². The van der Waals surface area contributed by atoms with E-state index in [9.17, 15) is 9.59 Å². The van der Waals surface area contributed by atoms with Crippen LogP contribution in [0.1, 0.15) is 34.9 Å². The standard InChI is InChI=1S/C21H23NO4S/c1-25-19(23)18-16-8-14-27-17(16)7-11-22(18)20(24)21(9-12-26-13-10-21)15-5-3-2-4-6-15/h2-6,8,14,18H,7,9-13H2,1H3. The number of esters is 1. The lowest BCUT2D eigenvalue weighted by Gasteiger charge is -2.43. The van der Waals surface area contributed by atoms with Gasteiger partial charge in [-0.05, 0) is 41.8 Å². The van der Waals surface area contributed by atoms with Gasteiger partial charge in [0.1, 0.15) is 0 Å². The maximum absolute atomic E-state index is 13.9. The van der Waals surface area contributed by atoms with Gasteiger partial charge < -0.3 is 14.4 Å². The monoisotopic (exact) mass is 385 g/mol. The van der Waals surface area contributed by atoms with Gasteiger partial charge in [0.2, 0.25) is 5.91 Å². The van der Waals surface area contributed by atoms with E-state index in [4.69, 9.17) is 9.47 Å². The number of hydrogen-bond acceptors (Lipinski definition) is 5. The van der Waals surface area contributed by atoms with Crippen LogP contribution in [0.5, 0.6) is 0 Å². The van der Waals surface area contributed by atoms with Crippen LogP contribution in [0.15, 0.2) is 41.8 Å². The summed E-state index contributed by atoms with van der Waals surface area (Å²) in [6.45, 7) is 1.61. The molecule has 0 aliphatic carbocycles. The van der Waals surface area contributed by atoms with Crippen LogP contribution >= 0.6 is 11.3 Å². The van der Waals surface area contributed by atoms with Crippen molar-refractivity contribution in [3.8, 4) is 0 Å². The fraction of sp³-hybridized carbons (Fsp3) is 0.429. The second-order valence-corrected chi connectivity index (χ2v) is 8.03. The first-order chi connectivity index (χ1) is 13.2. The summed E-state index contributed by atoms with van der Waals surface area (Å²) in [5.41, 5.74) is 1.25. The van der Waals surface area contributed by atoms with E-state index in [0.29, 0.717) is 32.6 Å². The molecule has 0 saturated carbocycles. The van der Waals surface area contributed by atoms with E-state index < -0.39 is 11.5 Å². The van der Waals surface area contributed by atoms with Crippen molar-refractivity contribution in [3.05, 3.63) is 57.8 Å². The smallest absolute Gasteiger partial charge is 0.333 e. The molecule has 2 aliphatic rings. The Bertz CT molecular complexity index is 826. The second-order valence-electron chi connectivity index (χ2n) is 7.03. The predicted octanol–water partition coefficient (Wildman–Crippen LogP) is 3.10. The fourth-order valence-electron chi connectivity index (χ4n) is 4.28. The lowest BCUT2D eigenvalue weighted by atomic mass is 9.72. The summed E-state index contributed by atoms with van der Waals surface area (Å²) in [6, 6.07) is 11.2. The number of thiophene rings is 1. The minimum absolute atomic E-state index is 0.00394. The van der Waals surface area contributed by atoms with Crippen LogP contribution in [0, 0.1) is 0 Å². The van der Waals surface area contributed by atoms with Gasteiger partial charge in [-0.3, -0.25) is 4.79 Å². The molecule has 27 heavy (non-hydrogen) atoms. The quantitative estimate of drug-likeness (QED) is 0.762. The predicted molar refractivity (Wildman–Crippen MR) is 103 cm³/mol. The Morgan fingerprint density at radius 2 is 1.93 bits per heavy atom. The minimum Gasteiger partial charge on any atom is -0.467 e. The van der Waals surface area contributed by atoms with E-state index in [1.165, 1.54) is 7.11 Å². The molecule has 0 N–H and O–H groups in total.